The van der Waals surface area contributed by atoms with Gasteiger partial charge in [-0.1, -0.05) is 0 Å². The Hall–Kier alpha value is -2.91. The Labute approximate surface area is 172 Å². The van der Waals surface area contributed by atoms with Gasteiger partial charge >= 0.3 is 6.18 Å². The molecule has 1 amide bonds. The van der Waals surface area contributed by atoms with E-state index in [9.17, 15) is 18.0 Å². The van der Waals surface area contributed by atoms with Crippen LogP contribution in [0.3, 0.4) is 0 Å². The fourth-order valence-corrected chi connectivity index (χ4v) is 3.67. The molecule has 0 saturated heterocycles. The Morgan fingerprint density at radius 1 is 1.10 bits per heavy atom. The molecule has 1 aromatic heterocycles. The highest BCUT2D eigenvalue weighted by atomic mass is 19.4. The normalized spacial score (nSPS) is 13.5. The minimum absolute atomic E-state index is 0.126. The number of alkyl halides is 3. The van der Waals surface area contributed by atoms with E-state index in [2.05, 4.69) is 10.4 Å². The van der Waals surface area contributed by atoms with Crippen molar-refractivity contribution in [2.45, 2.75) is 38.4 Å². The van der Waals surface area contributed by atoms with Crippen LogP contribution in [0.1, 0.15) is 40.2 Å². The molecule has 2 aromatic rings. The molecular weight excluding hydrogens is 403 g/mol. The third-order valence-corrected chi connectivity index (χ3v) is 5.06. The molecule has 1 aliphatic rings. The van der Waals surface area contributed by atoms with Crippen LogP contribution in [0.5, 0.6) is 17.2 Å². The molecule has 0 bridgehead atoms. The van der Waals surface area contributed by atoms with Gasteiger partial charge in [-0.3, -0.25) is 9.48 Å². The number of hydrogen-bond acceptors (Lipinski definition) is 5. The number of amides is 1. The van der Waals surface area contributed by atoms with Gasteiger partial charge in [-0.25, -0.2) is 0 Å². The number of fused-ring (bicyclic) bond motifs is 1. The van der Waals surface area contributed by atoms with E-state index in [-0.39, 0.29) is 24.2 Å². The smallest absolute Gasteiger partial charge is 0.435 e. The summed E-state index contributed by atoms with van der Waals surface area (Å²) >= 11 is 0. The number of ether oxygens (including phenoxy) is 3. The van der Waals surface area contributed by atoms with Crippen molar-refractivity contribution >= 4 is 5.91 Å². The van der Waals surface area contributed by atoms with Crippen LogP contribution < -0.4 is 19.5 Å². The molecule has 7 nitrogen and oxygen atoms in total. The molecule has 30 heavy (non-hydrogen) atoms. The maximum Gasteiger partial charge on any atom is 0.435 e. The highest BCUT2D eigenvalue weighted by molar-refractivity contribution is 5.95. The molecule has 0 atom stereocenters. The summed E-state index contributed by atoms with van der Waals surface area (Å²) in [7, 11) is 4.34. The summed E-state index contributed by atoms with van der Waals surface area (Å²) in [6.07, 6.45) is -2.00. The van der Waals surface area contributed by atoms with Crippen LogP contribution >= 0.6 is 0 Å². The third-order valence-electron chi connectivity index (χ3n) is 5.06. The van der Waals surface area contributed by atoms with Crippen molar-refractivity contribution in [3.05, 3.63) is 34.6 Å². The summed E-state index contributed by atoms with van der Waals surface area (Å²) in [6, 6.07) is 3.02. The summed E-state index contributed by atoms with van der Waals surface area (Å²) in [4.78, 5) is 12.6. The number of nitrogens with one attached hydrogen (secondary N) is 1. The number of nitrogens with zero attached hydrogens (tertiary/aromatic N) is 2. The molecule has 1 N–H and O–H groups in total. The van der Waals surface area contributed by atoms with Crippen molar-refractivity contribution in [1.82, 2.24) is 15.1 Å². The first-order valence-electron chi connectivity index (χ1n) is 9.54. The number of methoxy groups -OCH3 is 3. The Morgan fingerprint density at radius 2 is 1.73 bits per heavy atom. The molecule has 1 heterocycles. The summed E-state index contributed by atoms with van der Waals surface area (Å²) in [6.45, 7) is 0.273. The fraction of sp³-hybridized carbons (Fsp3) is 0.500. The molecule has 1 aromatic carbocycles. The lowest BCUT2D eigenvalue weighted by atomic mass is 9.95. The molecule has 0 radical (unpaired) electrons. The number of rotatable bonds is 7. The Bertz CT molecular complexity index is 900. The zero-order valence-electron chi connectivity index (χ0n) is 17.1. The number of carbonyl (C=O) groups is 1. The van der Waals surface area contributed by atoms with Crippen molar-refractivity contribution in [3.8, 4) is 17.2 Å². The van der Waals surface area contributed by atoms with Crippen LogP contribution in [-0.2, 0) is 25.6 Å². The van der Waals surface area contributed by atoms with Crippen molar-refractivity contribution < 1.29 is 32.2 Å². The van der Waals surface area contributed by atoms with Gasteiger partial charge in [0.15, 0.2) is 17.2 Å². The molecule has 0 spiro atoms. The fourth-order valence-electron chi connectivity index (χ4n) is 3.67. The van der Waals surface area contributed by atoms with Gasteiger partial charge in [-0.05, 0) is 37.8 Å². The minimum Gasteiger partial charge on any atom is -0.493 e. The second-order valence-corrected chi connectivity index (χ2v) is 6.87. The first-order chi connectivity index (χ1) is 14.3. The van der Waals surface area contributed by atoms with E-state index in [1.165, 1.54) is 38.1 Å². The van der Waals surface area contributed by atoms with Crippen molar-refractivity contribution in [1.29, 1.82) is 0 Å². The third kappa shape index (κ3) is 4.31. The quantitative estimate of drug-likeness (QED) is 0.735. The average Bonchev–Trinajstić information content (AvgIpc) is 3.11. The molecule has 0 unspecified atom stereocenters. The summed E-state index contributed by atoms with van der Waals surface area (Å²) in [5.74, 6) is 0.613. The van der Waals surface area contributed by atoms with Gasteiger partial charge in [0.1, 0.15) is 0 Å². The van der Waals surface area contributed by atoms with Crippen LogP contribution in [0.25, 0.3) is 0 Å². The van der Waals surface area contributed by atoms with Crippen molar-refractivity contribution in [3.63, 3.8) is 0 Å². The summed E-state index contributed by atoms with van der Waals surface area (Å²) in [5, 5.41) is 6.50. The van der Waals surface area contributed by atoms with Gasteiger partial charge < -0.3 is 19.5 Å². The zero-order valence-corrected chi connectivity index (χ0v) is 17.1. The van der Waals surface area contributed by atoms with Gasteiger partial charge in [0.05, 0.1) is 27.9 Å². The van der Waals surface area contributed by atoms with Crippen LogP contribution in [0.2, 0.25) is 0 Å². The molecular formula is C20H24F3N3O4. The highest BCUT2D eigenvalue weighted by Crippen LogP contribution is 2.38. The van der Waals surface area contributed by atoms with Gasteiger partial charge in [0.2, 0.25) is 5.75 Å². The lowest BCUT2D eigenvalue weighted by Gasteiger charge is -2.15. The van der Waals surface area contributed by atoms with E-state index >= 15 is 0 Å². The molecule has 3 rings (SSSR count). The average molecular weight is 427 g/mol. The van der Waals surface area contributed by atoms with Crippen LogP contribution in [0.4, 0.5) is 13.2 Å². The van der Waals surface area contributed by atoms with Gasteiger partial charge in [-0.15, -0.1) is 0 Å². The maximum atomic E-state index is 13.3. The van der Waals surface area contributed by atoms with E-state index in [0.29, 0.717) is 35.8 Å². The highest BCUT2D eigenvalue weighted by Gasteiger charge is 2.39. The van der Waals surface area contributed by atoms with E-state index in [1.54, 1.807) is 0 Å². The van der Waals surface area contributed by atoms with E-state index in [4.69, 9.17) is 14.2 Å². The molecule has 0 fully saturated rings. The lowest BCUT2D eigenvalue weighted by Crippen LogP contribution is -2.28. The molecule has 0 aliphatic heterocycles. The second kappa shape index (κ2) is 8.85. The van der Waals surface area contributed by atoms with Crippen molar-refractivity contribution in [2.24, 2.45) is 0 Å². The first-order valence-corrected chi connectivity index (χ1v) is 9.54. The standard InChI is InChI=1S/C20H24F3N3O4/c1-28-15-10-12(11-16(29-2)17(15)30-3)19(27)24-8-9-26-14-7-5-4-6-13(14)18(25-26)20(21,22)23/h10-11H,4-9H2,1-3H3,(H,24,27). The monoisotopic (exact) mass is 427 g/mol. The number of hydrogen-bond donors (Lipinski definition) is 1. The molecule has 1 aliphatic carbocycles. The number of aromatic nitrogens is 2. The predicted octanol–water partition coefficient (Wildman–Crippen LogP) is 3.24. The largest absolute Gasteiger partial charge is 0.493 e. The van der Waals surface area contributed by atoms with Gasteiger partial charge in [-0.2, -0.15) is 18.3 Å². The summed E-state index contributed by atoms with van der Waals surface area (Å²) in [5.41, 5.74) is 0.358. The topological polar surface area (TPSA) is 74.6 Å². The molecule has 10 heteroatoms. The minimum atomic E-state index is -4.48. The number of halogens is 3. The van der Waals surface area contributed by atoms with E-state index in [1.807, 2.05) is 0 Å². The molecule has 164 valence electrons. The Morgan fingerprint density at radius 3 is 2.30 bits per heavy atom. The van der Waals surface area contributed by atoms with Crippen LogP contribution in [0.15, 0.2) is 12.1 Å². The van der Waals surface area contributed by atoms with Gasteiger partial charge in [0, 0.05) is 23.4 Å². The zero-order chi connectivity index (χ0) is 21.9. The first kappa shape index (κ1) is 21.8. The maximum absolute atomic E-state index is 13.3. The van der Waals surface area contributed by atoms with Crippen molar-refractivity contribution in [2.75, 3.05) is 27.9 Å². The molecule has 0 saturated carbocycles. The van der Waals surface area contributed by atoms with Crippen LogP contribution in [0, 0.1) is 0 Å². The van der Waals surface area contributed by atoms with E-state index < -0.39 is 17.8 Å². The predicted molar refractivity (Wildman–Crippen MR) is 102 cm³/mol. The van der Waals surface area contributed by atoms with Gasteiger partial charge in [0.25, 0.3) is 5.91 Å². The number of carbonyl (C=O) groups excluding carboxylic acids is 1. The van der Waals surface area contributed by atoms with Crippen LogP contribution in [-0.4, -0.2) is 43.6 Å². The Kier molecular flexibility index (Phi) is 6.42. The SMILES string of the molecule is COc1cc(C(=O)NCCn2nc(C(F)(F)F)c3c2CCCC3)cc(OC)c1OC. The lowest BCUT2D eigenvalue weighted by molar-refractivity contribution is -0.142. The Balaban J connectivity index is 1.73. The second-order valence-electron chi connectivity index (χ2n) is 6.87. The number of benzene rings is 1. The van der Waals surface area contributed by atoms with E-state index in [0.717, 1.165) is 12.8 Å². The summed E-state index contributed by atoms with van der Waals surface area (Å²) < 4.78 is 56.9.